The van der Waals surface area contributed by atoms with Crippen molar-refractivity contribution >= 4 is 12.4 Å². The number of rotatable bonds is 6. The van der Waals surface area contributed by atoms with Crippen LogP contribution in [-0.2, 0) is 0 Å². The maximum atomic E-state index is 12.3. The third-order valence-corrected chi connectivity index (χ3v) is 3.99. The molecule has 0 aromatic rings. The van der Waals surface area contributed by atoms with Crippen molar-refractivity contribution in [3.63, 3.8) is 0 Å². The molecule has 1 atom stereocenters. The van der Waals surface area contributed by atoms with E-state index in [4.69, 9.17) is 0 Å². The lowest BCUT2D eigenvalue weighted by molar-refractivity contribution is -0.138. The molecule has 2 aliphatic rings. The molecule has 0 aromatic heterocycles. The molecule has 1 aliphatic heterocycles. The lowest BCUT2D eigenvalue weighted by atomic mass is 9.89. The number of alkyl halides is 3. The molecule has 0 aromatic carbocycles. The Labute approximate surface area is 119 Å². The van der Waals surface area contributed by atoms with E-state index in [9.17, 15) is 13.2 Å². The van der Waals surface area contributed by atoms with Crippen LogP contribution in [-0.4, -0.2) is 43.8 Å². The monoisotopic (exact) mass is 300 g/mol. The van der Waals surface area contributed by atoms with Gasteiger partial charge in [0.1, 0.15) is 0 Å². The first-order valence-corrected chi connectivity index (χ1v) is 6.86. The molecule has 1 N–H and O–H groups in total. The fraction of sp³-hybridized carbons (Fsp3) is 1.00. The highest BCUT2D eigenvalue weighted by molar-refractivity contribution is 5.85. The summed E-state index contributed by atoms with van der Waals surface area (Å²) in [6.07, 6.45) is -1.25. The summed E-state index contributed by atoms with van der Waals surface area (Å²) < 4.78 is 37.0. The quantitative estimate of drug-likeness (QED) is 0.811. The van der Waals surface area contributed by atoms with Crippen LogP contribution in [0.25, 0.3) is 0 Å². The van der Waals surface area contributed by atoms with Gasteiger partial charge in [-0.15, -0.1) is 12.4 Å². The van der Waals surface area contributed by atoms with Gasteiger partial charge in [-0.2, -0.15) is 13.2 Å². The van der Waals surface area contributed by atoms with E-state index in [-0.39, 0.29) is 24.4 Å². The normalized spacial score (nSPS) is 27.6. The van der Waals surface area contributed by atoms with Crippen LogP contribution in [0.5, 0.6) is 0 Å². The van der Waals surface area contributed by atoms with E-state index in [1.54, 1.807) is 0 Å². The largest absolute Gasteiger partial charge is 0.390 e. The highest BCUT2D eigenvalue weighted by Crippen LogP contribution is 2.33. The summed E-state index contributed by atoms with van der Waals surface area (Å²) in [4.78, 5) is 2.04. The smallest absolute Gasteiger partial charge is 0.316 e. The van der Waals surface area contributed by atoms with Gasteiger partial charge in [0.25, 0.3) is 0 Å². The first-order chi connectivity index (χ1) is 8.36. The van der Waals surface area contributed by atoms with E-state index in [0.717, 1.165) is 32.6 Å². The van der Waals surface area contributed by atoms with Gasteiger partial charge in [-0.25, -0.2) is 0 Å². The summed E-state index contributed by atoms with van der Waals surface area (Å²) in [7, 11) is 0. The van der Waals surface area contributed by atoms with E-state index in [1.165, 1.54) is 12.8 Å². The summed E-state index contributed by atoms with van der Waals surface area (Å²) in [6.45, 7) is 5.92. The Morgan fingerprint density at radius 1 is 1.32 bits per heavy atom. The molecule has 2 nitrogen and oxygen atoms in total. The fourth-order valence-corrected chi connectivity index (χ4v) is 2.73. The van der Waals surface area contributed by atoms with Crippen LogP contribution in [0.1, 0.15) is 32.6 Å². The molecule has 19 heavy (non-hydrogen) atoms. The van der Waals surface area contributed by atoms with Crippen molar-refractivity contribution in [1.82, 2.24) is 10.2 Å². The van der Waals surface area contributed by atoms with Gasteiger partial charge in [0.15, 0.2) is 0 Å². The van der Waals surface area contributed by atoms with Gasteiger partial charge in [0, 0.05) is 26.2 Å². The fourth-order valence-electron chi connectivity index (χ4n) is 2.73. The van der Waals surface area contributed by atoms with E-state index in [0.29, 0.717) is 5.92 Å². The Morgan fingerprint density at radius 3 is 2.47 bits per heavy atom. The van der Waals surface area contributed by atoms with Gasteiger partial charge in [0.2, 0.25) is 0 Å². The zero-order chi connectivity index (χ0) is 13.2. The summed E-state index contributed by atoms with van der Waals surface area (Å²) in [5.41, 5.74) is 0.153. The minimum atomic E-state index is -4.03. The second-order valence-corrected chi connectivity index (χ2v) is 6.28. The SMILES string of the molecule is CC1(CN(CCC(F)(F)F)CC2CC2)CCNC1.Cl. The number of nitrogens with one attached hydrogen (secondary N) is 1. The molecule has 2 fully saturated rings. The Morgan fingerprint density at radius 2 is 2.00 bits per heavy atom. The van der Waals surface area contributed by atoms with E-state index in [2.05, 4.69) is 12.2 Å². The summed E-state index contributed by atoms with van der Waals surface area (Å²) in [6, 6.07) is 0. The van der Waals surface area contributed by atoms with Gasteiger partial charge < -0.3 is 10.2 Å². The third kappa shape index (κ3) is 6.32. The predicted molar refractivity (Wildman–Crippen MR) is 72.7 cm³/mol. The molecule has 0 radical (unpaired) electrons. The van der Waals surface area contributed by atoms with Crippen LogP contribution in [0, 0.1) is 11.3 Å². The summed E-state index contributed by atoms with van der Waals surface area (Å²) >= 11 is 0. The Balaban J connectivity index is 0.00000180. The topological polar surface area (TPSA) is 15.3 Å². The molecule has 2 rings (SSSR count). The molecule has 0 spiro atoms. The Bertz CT molecular complexity index is 274. The van der Waals surface area contributed by atoms with Crippen LogP contribution in [0.2, 0.25) is 0 Å². The maximum absolute atomic E-state index is 12.3. The highest BCUT2D eigenvalue weighted by atomic mass is 35.5. The molecule has 1 heterocycles. The van der Waals surface area contributed by atoms with Crippen LogP contribution in [0.4, 0.5) is 13.2 Å². The van der Waals surface area contributed by atoms with Crippen molar-refractivity contribution in [2.45, 2.75) is 38.8 Å². The summed E-state index contributed by atoms with van der Waals surface area (Å²) in [5, 5.41) is 3.31. The molecule has 6 heteroatoms. The molecule has 0 bridgehead atoms. The van der Waals surface area contributed by atoms with Gasteiger partial charge in [-0.05, 0) is 37.1 Å². The van der Waals surface area contributed by atoms with Crippen LogP contribution in [0.15, 0.2) is 0 Å². The molecule has 0 amide bonds. The Kier molecular flexibility index (Phi) is 5.96. The second kappa shape index (κ2) is 6.64. The van der Waals surface area contributed by atoms with Crippen molar-refractivity contribution in [2.24, 2.45) is 11.3 Å². The minimum Gasteiger partial charge on any atom is -0.316 e. The lowest BCUT2D eigenvalue weighted by Crippen LogP contribution is -2.40. The second-order valence-electron chi connectivity index (χ2n) is 6.28. The zero-order valence-corrected chi connectivity index (χ0v) is 12.2. The number of halogens is 4. The Hall–Kier alpha value is 0. The predicted octanol–water partition coefficient (Wildman–Crippen LogP) is 3.07. The minimum absolute atomic E-state index is 0. The van der Waals surface area contributed by atoms with Gasteiger partial charge in [-0.1, -0.05) is 6.92 Å². The number of nitrogens with zero attached hydrogens (tertiary/aromatic N) is 1. The highest BCUT2D eigenvalue weighted by Gasteiger charge is 2.35. The van der Waals surface area contributed by atoms with Crippen molar-refractivity contribution < 1.29 is 13.2 Å². The van der Waals surface area contributed by atoms with Crippen molar-refractivity contribution in [1.29, 1.82) is 0 Å². The van der Waals surface area contributed by atoms with Gasteiger partial charge in [0.05, 0.1) is 6.42 Å². The first-order valence-electron chi connectivity index (χ1n) is 6.86. The van der Waals surface area contributed by atoms with Crippen molar-refractivity contribution in [3.8, 4) is 0 Å². The molecule has 1 saturated heterocycles. The van der Waals surface area contributed by atoms with Crippen LogP contribution < -0.4 is 5.32 Å². The van der Waals surface area contributed by atoms with Crippen molar-refractivity contribution in [2.75, 3.05) is 32.7 Å². The van der Waals surface area contributed by atoms with Crippen molar-refractivity contribution in [3.05, 3.63) is 0 Å². The third-order valence-electron chi connectivity index (χ3n) is 3.99. The first kappa shape index (κ1) is 17.1. The molecular formula is C13H24ClF3N2. The number of hydrogen-bond donors (Lipinski definition) is 1. The molecule has 1 saturated carbocycles. The zero-order valence-electron chi connectivity index (χ0n) is 11.4. The van der Waals surface area contributed by atoms with Gasteiger partial charge in [-0.3, -0.25) is 0 Å². The maximum Gasteiger partial charge on any atom is 0.390 e. The van der Waals surface area contributed by atoms with Crippen LogP contribution >= 0.6 is 12.4 Å². The average Bonchev–Trinajstić information content (AvgIpc) is 2.96. The van der Waals surface area contributed by atoms with Gasteiger partial charge >= 0.3 is 6.18 Å². The summed E-state index contributed by atoms with van der Waals surface area (Å²) in [5.74, 6) is 0.649. The molecular weight excluding hydrogens is 277 g/mol. The average molecular weight is 301 g/mol. The van der Waals surface area contributed by atoms with Crippen LogP contribution in [0.3, 0.4) is 0 Å². The number of hydrogen-bond acceptors (Lipinski definition) is 2. The van der Waals surface area contributed by atoms with E-state index >= 15 is 0 Å². The lowest BCUT2D eigenvalue weighted by Gasteiger charge is -2.32. The molecule has 114 valence electrons. The van der Waals surface area contributed by atoms with E-state index < -0.39 is 12.6 Å². The standard InChI is InChI=1S/C13H23F3N2.ClH/c1-12(4-6-17-9-12)10-18(8-11-2-3-11)7-5-13(14,15)16;/h11,17H,2-10H2,1H3;1H. The van der Waals surface area contributed by atoms with E-state index in [1.807, 2.05) is 4.90 Å². The molecule has 1 aliphatic carbocycles. The molecule has 1 unspecified atom stereocenters.